The second-order valence-electron chi connectivity index (χ2n) is 13.6. The molecule has 314 valence electrons. The van der Waals surface area contributed by atoms with E-state index in [1.54, 1.807) is 71.1 Å². The minimum atomic E-state index is 0.211. The molecule has 4 atom stereocenters. The van der Waals surface area contributed by atoms with Crippen LogP contribution in [0.3, 0.4) is 0 Å². The number of hydrogen-bond donors (Lipinski definition) is 0. The molecule has 3 aromatic rings. The molecular weight excluding hydrogens is 732 g/mol. The van der Waals surface area contributed by atoms with Crippen molar-refractivity contribution in [2.45, 2.75) is 56.7 Å². The molecule has 3 aliphatic rings. The van der Waals surface area contributed by atoms with Gasteiger partial charge in [0.15, 0.2) is 34.5 Å². The van der Waals surface area contributed by atoms with E-state index >= 15 is 0 Å². The Morgan fingerprint density at radius 1 is 0.491 bits per heavy atom. The van der Waals surface area contributed by atoms with Gasteiger partial charge in [0.25, 0.3) is 0 Å². The molecule has 4 unspecified atom stereocenters. The van der Waals surface area contributed by atoms with Gasteiger partial charge in [0.05, 0.1) is 76.2 Å². The highest BCUT2D eigenvalue weighted by molar-refractivity contribution is 5.63. The van der Waals surface area contributed by atoms with Crippen molar-refractivity contribution >= 4 is 12.2 Å². The van der Waals surface area contributed by atoms with Crippen LogP contribution >= 0.6 is 0 Å². The third-order valence-corrected chi connectivity index (χ3v) is 9.98. The highest BCUT2D eigenvalue weighted by Crippen LogP contribution is 2.51. The van der Waals surface area contributed by atoms with Crippen LogP contribution in [0.2, 0.25) is 0 Å². The molecule has 12 nitrogen and oxygen atoms in total. The standard InChI is InChI=1S/C16H22O4.C15H20O4.C14H20O4/c1-17-14-10-12(11-15(18-2)16(14)19-3)7-8-13-6-4-5-9-20-13;1-16-13-9-11(6-7-12-5-4-8-19-12)10-14(17-2)15(13)18-3;1-15-8-10-5-11(10)9-6-12(16-2)14(18-4)13(7-9)17-3/h7-8,10-11,13H,4-6,9H2,1-3H3;6-7,9-10,12H,4-5,8H2,1-3H3;6-7,10-11H,5,8H2,1-4H3/b8-7+;7-6+;. The Morgan fingerprint density at radius 3 is 1.21 bits per heavy atom. The average Bonchev–Trinajstić information content (AvgIpc) is 3.83. The van der Waals surface area contributed by atoms with Gasteiger partial charge in [-0.3, -0.25) is 0 Å². The fourth-order valence-electron chi connectivity index (χ4n) is 6.87. The highest BCUT2D eigenvalue weighted by atomic mass is 16.5. The van der Waals surface area contributed by atoms with Crippen molar-refractivity contribution in [3.8, 4) is 51.7 Å². The zero-order valence-corrected chi connectivity index (χ0v) is 35.3. The molecule has 2 aliphatic heterocycles. The van der Waals surface area contributed by atoms with Crippen LogP contribution in [-0.4, -0.2) is 103 Å². The molecule has 2 saturated heterocycles. The highest BCUT2D eigenvalue weighted by Gasteiger charge is 2.39. The quantitative estimate of drug-likeness (QED) is 0.138. The van der Waals surface area contributed by atoms with E-state index in [1.807, 2.05) is 48.6 Å². The van der Waals surface area contributed by atoms with Crippen molar-refractivity contribution in [3.63, 3.8) is 0 Å². The van der Waals surface area contributed by atoms with Crippen molar-refractivity contribution in [2.75, 3.05) is 90.9 Å². The first-order chi connectivity index (χ1) is 27.8. The molecule has 0 aromatic heterocycles. The van der Waals surface area contributed by atoms with E-state index in [0.717, 1.165) is 74.6 Å². The third-order valence-electron chi connectivity index (χ3n) is 9.98. The van der Waals surface area contributed by atoms with Crippen LogP contribution < -0.4 is 42.6 Å². The van der Waals surface area contributed by atoms with E-state index in [4.69, 9.17) is 56.8 Å². The van der Waals surface area contributed by atoms with Crippen LogP contribution in [0.5, 0.6) is 51.7 Å². The lowest BCUT2D eigenvalue weighted by Crippen LogP contribution is -2.15. The fraction of sp³-hybridized carbons (Fsp3) is 0.511. The van der Waals surface area contributed by atoms with Crippen molar-refractivity contribution in [2.24, 2.45) is 5.92 Å². The Kier molecular flexibility index (Phi) is 18.5. The molecule has 3 aromatic carbocycles. The minimum absolute atomic E-state index is 0.211. The van der Waals surface area contributed by atoms with E-state index in [1.165, 1.54) is 12.0 Å². The summed E-state index contributed by atoms with van der Waals surface area (Å²) in [6.45, 7) is 2.51. The number of benzene rings is 3. The van der Waals surface area contributed by atoms with E-state index in [2.05, 4.69) is 12.2 Å². The first-order valence-corrected chi connectivity index (χ1v) is 19.3. The molecule has 0 spiro atoms. The molecule has 0 N–H and O–H groups in total. The summed E-state index contributed by atoms with van der Waals surface area (Å²) in [4.78, 5) is 0. The van der Waals surface area contributed by atoms with Gasteiger partial charge in [0.2, 0.25) is 17.2 Å². The van der Waals surface area contributed by atoms with Gasteiger partial charge < -0.3 is 56.8 Å². The molecule has 2 heterocycles. The van der Waals surface area contributed by atoms with Gasteiger partial charge in [0.1, 0.15) is 0 Å². The maximum atomic E-state index is 5.68. The van der Waals surface area contributed by atoms with Crippen LogP contribution in [0.1, 0.15) is 61.1 Å². The fourth-order valence-corrected chi connectivity index (χ4v) is 6.87. The summed E-state index contributed by atoms with van der Waals surface area (Å²) in [7, 11) is 16.3. The van der Waals surface area contributed by atoms with E-state index < -0.39 is 0 Å². The Bertz CT molecular complexity index is 1650. The number of rotatable bonds is 16. The summed E-state index contributed by atoms with van der Waals surface area (Å²) in [5.41, 5.74) is 3.24. The lowest BCUT2D eigenvalue weighted by Gasteiger charge is -2.19. The summed E-state index contributed by atoms with van der Waals surface area (Å²) < 4.78 is 64.4. The van der Waals surface area contributed by atoms with Crippen molar-refractivity contribution in [3.05, 3.63) is 65.2 Å². The first-order valence-electron chi connectivity index (χ1n) is 19.3. The van der Waals surface area contributed by atoms with Crippen LogP contribution in [0.25, 0.3) is 12.2 Å². The van der Waals surface area contributed by atoms with Gasteiger partial charge in [-0.2, -0.15) is 0 Å². The Labute approximate surface area is 338 Å². The second-order valence-corrected chi connectivity index (χ2v) is 13.6. The normalized spacial score (nSPS) is 19.8. The smallest absolute Gasteiger partial charge is 0.203 e. The molecule has 1 aliphatic carbocycles. The second kappa shape index (κ2) is 23.5. The maximum Gasteiger partial charge on any atom is 0.203 e. The molecule has 3 fully saturated rings. The summed E-state index contributed by atoms with van der Waals surface area (Å²) in [5.74, 6) is 7.10. The lowest BCUT2D eigenvalue weighted by atomic mass is 10.1. The van der Waals surface area contributed by atoms with Gasteiger partial charge in [-0.15, -0.1) is 0 Å². The van der Waals surface area contributed by atoms with Gasteiger partial charge >= 0.3 is 0 Å². The third kappa shape index (κ3) is 12.6. The first kappa shape index (κ1) is 44.9. The lowest BCUT2D eigenvalue weighted by molar-refractivity contribution is 0.0471. The Balaban J connectivity index is 0.000000190. The minimum Gasteiger partial charge on any atom is -0.493 e. The van der Waals surface area contributed by atoms with Crippen LogP contribution in [-0.2, 0) is 14.2 Å². The Hall–Kier alpha value is -4.78. The topological polar surface area (TPSA) is 111 Å². The Morgan fingerprint density at radius 2 is 0.877 bits per heavy atom. The average molecular weight is 795 g/mol. The molecule has 0 amide bonds. The molecule has 57 heavy (non-hydrogen) atoms. The van der Waals surface area contributed by atoms with Crippen molar-refractivity contribution in [1.29, 1.82) is 0 Å². The predicted octanol–water partition coefficient (Wildman–Crippen LogP) is 8.66. The van der Waals surface area contributed by atoms with Gasteiger partial charge in [-0.25, -0.2) is 0 Å². The molecule has 6 rings (SSSR count). The SMILES string of the molecule is COCC1CC1c1cc(OC)c(OC)c(OC)c1.COc1cc(/C=C/C2CCCCO2)cc(OC)c1OC.COc1cc(/C=C/C2CCCO2)cc(OC)c1OC. The van der Waals surface area contributed by atoms with Crippen molar-refractivity contribution < 1.29 is 56.8 Å². The maximum absolute atomic E-state index is 5.68. The predicted molar refractivity (Wildman–Crippen MR) is 222 cm³/mol. The number of methoxy groups -OCH3 is 10. The molecule has 12 heteroatoms. The van der Waals surface area contributed by atoms with Crippen molar-refractivity contribution in [1.82, 2.24) is 0 Å². The monoisotopic (exact) mass is 794 g/mol. The molecule has 0 bridgehead atoms. The van der Waals surface area contributed by atoms with E-state index in [-0.39, 0.29) is 12.2 Å². The number of ether oxygens (including phenoxy) is 12. The van der Waals surface area contributed by atoms with Crippen LogP contribution in [0.4, 0.5) is 0 Å². The zero-order chi connectivity index (χ0) is 41.2. The number of hydrogen-bond acceptors (Lipinski definition) is 12. The van der Waals surface area contributed by atoms with Crippen LogP contribution in [0, 0.1) is 5.92 Å². The van der Waals surface area contributed by atoms with E-state index in [9.17, 15) is 0 Å². The summed E-state index contributed by atoms with van der Waals surface area (Å²) in [5, 5.41) is 0. The zero-order valence-electron chi connectivity index (χ0n) is 35.3. The summed E-state index contributed by atoms with van der Waals surface area (Å²) in [6.07, 6.45) is 15.5. The molecule has 1 saturated carbocycles. The summed E-state index contributed by atoms with van der Waals surface area (Å²) >= 11 is 0. The molecule has 0 radical (unpaired) electrons. The molecular formula is C45H62O12. The summed E-state index contributed by atoms with van der Waals surface area (Å²) in [6, 6.07) is 11.8. The van der Waals surface area contributed by atoms with Gasteiger partial charge in [-0.1, -0.05) is 24.3 Å². The van der Waals surface area contributed by atoms with Crippen LogP contribution in [0.15, 0.2) is 48.6 Å². The van der Waals surface area contributed by atoms with E-state index in [0.29, 0.717) is 52.1 Å². The largest absolute Gasteiger partial charge is 0.493 e. The van der Waals surface area contributed by atoms with Gasteiger partial charge in [-0.05, 0) is 103 Å². The van der Waals surface area contributed by atoms with Gasteiger partial charge in [0, 0.05) is 26.9 Å².